The number of amides is 1. The van der Waals surface area contributed by atoms with Gasteiger partial charge in [0.05, 0.1) is 6.04 Å². The maximum Gasteiger partial charge on any atom is 0.331 e. The summed E-state index contributed by atoms with van der Waals surface area (Å²) in [4.78, 5) is 24.0. The predicted octanol–water partition coefficient (Wildman–Crippen LogP) is 4.88. The van der Waals surface area contributed by atoms with Gasteiger partial charge in [-0.2, -0.15) is 11.3 Å². The molecule has 1 amide bonds. The Hall–Kier alpha value is -1.82. The van der Waals surface area contributed by atoms with Crippen LogP contribution in [-0.2, 0) is 14.3 Å². The Balaban J connectivity index is 1.89. The minimum Gasteiger partial charge on any atom is -0.449 e. The van der Waals surface area contributed by atoms with Crippen molar-refractivity contribution in [3.8, 4) is 0 Å². The minimum absolute atomic E-state index is 0.347. The van der Waals surface area contributed by atoms with Gasteiger partial charge in [-0.3, -0.25) is 4.79 Å². The van der Waals surface area contributed by atoms with Crippen LogP contribution in [0.3, 0.4) is 0 Å². The van der Waals surface area contributed by atoms with E-state index in [4.69, 9.17) is 27.9 Å². The van der Waals surface area contributed by atoms with E-state index in [-0.39, 0.29) is 6.04 Å². The molecule has 2 rings (SSSR count). The topological polar surface area (TPSA) is 55.4 Å². The molecule has 25 heavy (non-hydrogen) atoms. The van der Waals surface area contributed by atoms with Crippen molar-refractivity contribution in [2.24, 2.45) is 0 Å². The van der Waals surface area contributed by atoms with E-state index in [1.165, 1.54) is 24.3 Å². The smallest absolute Gasteiger partial charge is 0.331 e. The van der Waals surface area contributed by atoms with E-state index in [2.05, 4.69) is 5.32 Å². The van der Waals surface area contributed by atoms with Crippen molar-refractivity contribution in [1.82, 2.24) is 5.32 Å². The SMILES string of the molecule is CC(OC(=O)/C=C/c1ccsc1)C(=O)NC(C)c1ccc(Cl)cc1Cl. The Morgan fingerprint density at radius 2 is 2.00 bits per heavy atom. The summed E-state index contributed by atoms with van der Waals surface area (Å²) in [5.74, 6) is -0.984. The van der Waals surface area contributed by atoms with Crippen LogP contribution < -0.4 is 5.32 Å². The molecule has 0 fully saturated rings. The van der Waals surface area contributed by atoms with Crippen molar-refractivity contribution in [3.63, 3.8) is 0 Å². The van der Waals surface area contributed by atoms with Crippen molar-refractivity contribution in [3.05, 3.63) is 62.3 Å². The van der Waals surface area contributed by atoms with Crippen LogP contribution in [0.25, 0.3) is 6.08 Å². The third kappa shape index (κ3) is 5.88. The van der Waals surface area contributed by atoms with Gasteiger partial charge < -0.3 is 10.1 Å². The van der Waals surface area contributed by atoms with Crippen molar-refractivity contribution in [2.75, 3.05) is 0 Å². The first-order chi connectivity index (χ1) is 11.9. The number of nitrogens with one attached hydrogen (secondary N) is 1. The average molecular weight is 398 g/mol. The molecule has 0 radical (unpaired) electrons. The first-order valence-electron chi connectivity index (χ1n) is 7.53. The van der Waals surface area contributed by atoms with Crippen molar-refractivity contribution >= 4 is 52.5 Å². The summed E-state index contributed by atoms with van der Waals surface area (Å²) in [6.07, 6.45) is 2.01. The number of carbonyl (C=O) groups is 2. The summed E-state index contributed by atoms with van der Waals surface area (Å²) < 4.78 is 5.11. The van der Waals surface area contributed by atoms with Gasteiger partial charge in [-0.25, -0.2) is 4.79 Å². The van der Waals surface area contributed by atoms with E-state index < -0.39 is 18.0 Å². The third-order valence-corrected chi connectivity index (χ3v) is 4.67. The molecule has 1 aromatic carbocycles. The van der Waals surface area contributed by atoms with Gasteiger partial charge in [0.2, 0.25) is 0 Å². The molecule has 0 spiro atoms. The standard InChI is InChI=1S/C18H17Cl2NO3S/c1-11(15-5-4-14(19)9-16(15)20)21-18(23)12(2)24-17(22)6-3-13-7-8-25-10-13/h3-12H,1-2H3,(H,21,23)/b6-3+. The second-order valence-corrected chi connectivity index (χ2v) is 6.99. The van der Waals surface area contributed by atoms with Gasteiger partial charge in [0.1, 0.15) is 0 Å². The molecule has 1 aromatic heterocycles. The molecule has 4 nitrogen and oxygen atoms in total. The van der Waals surface area contributed by atoms with Gasteiger partial charge in [-0.05, 0) is 60.0 Å². The lowest BCUT2D eigenvalue weighted by Crippen LogP contribution is -2.37. The Kier molecular flexibility index (Phi) is 7.05. The van der Waals surface area contributed by atoms with E-state index in [1.807, 2.05) is 16.8 Å². The zero-order valence-electron chi connectivity index (χ0n) is 13.7. The van der Waals surface area contributed by atoms with Crippen LogP contribution in [0.2, 0.25) is 10.0 Å². The van der Waals surface area contributed by atoms with Gasteiger partial charge in [-0.15, -0.1) is 0 Å². The number of carbonyl (C=O) groups excluding carboxylic acids is 2. The summed E-state index contributed by atoms with van der Waals surface area (Å²) >= 11 is 13.5. The number of rotatable bonds is 6. The van der Waals surface area contributed by atoms with E-state index in [1.54, 1.807) is 31.2 Å². The fourth-order valence-corrected chi connectivity index (χ4v) is 3.26. The summed E-state index contributed by atoms with van der Waals surface area (Å²) in [7, 11) is 0. The maximum absolute atomic E-state index is 12.2. The summed E-state index contributed by atoms with van der Waals surface area (Å²) in [5.41, 5.74) is 1.64. The predicted molar refractivity (Wildman–Crippen MR) is 102 cm³/mol. The molecule has 1 N–H and O–H groups in total. The summed E-state index contributed by atoms with van der Waals surface area (Å²) in [5, 5.41) is 7.55. The lowest BCUT2D eigenvalue weighted by atomic mass is 10.1. The van der Waals surface area contributed by atoms with Crippen LogP contribution >= 0.6 is 34.5 Å². The molecule has 0 saturated carbocycles. The van der Waals surface area contributed by atoms with Crippen molar-refractivity contribution in [1.29, 1.82) is 0 Å². The molecule has 0 aliphatic rings. The largest absolute Gasteiger partial charge is 0.449 e. The molecule has 7 heteroatoms. The molecular formula is C18H17Cl2NO3S. The van der Waals surface area contributed by atoms with Gasteiger partial charge in [-0.1, -0.05) is 29.3 Å². The Labute approximate surface area is 160 Å². The van der Waals surface area contributed by atoms with Crippen LogP contribution in [0.5, 0.6) is 0 Å². The molecule has 0 saturated heterocycles. The third-order valence-electron chi connectivity index (χ3n) is 3.40. The number of esters is 1. The number of hydrogen-bond donors (Lipinski definition) is 1. The second kappa shape index (κ2) is 9.04. The first kappa shape index (κ1) is 19.5. The first-order valence-corrected chi connectivity index (χ1v) is 9.23. The molecule has 0 aliphatic carbocycles. The van der Waals surface area contributed by atoms with Gasteiger partial charge in [0.25, 0.3) is 5.91 Å². The highest BCUT2D eigenvalue weighted by atomic mass is 35.5. The highest BCUT2D eigenvalue weighted by Crippen LogP contribution is 2.26. The highest BCUT2D eigenvalue weighted by molar-refractivity contribution is 7.08. The molecule has 0 bridgehead atoms. The Morgan fingerprint density at radius 1 is 1.24 bits per heavy atom. The minimum atomic E-state index is -0.923. The van der Waals surface area contributed by atoms with E-state index in [0.29, 0.717) is 10.0 Å². The Morgan fingerprint density at radius 3 is 2.64 bits per heavy atom. The van der Waals surface area contributed by atoms with Crippen LogP contribution in [-0.4, -0.2) is 18.0 Å². The van der Waals surface area contributed by atoms with Gasteiger partial charge >= 0.3 is 5.97 Å². The van der Waals surface area contributed by atoms with Crippen LogP contribution in [0.15, 0.2) is 41.1 Å². The number of halogens is 2. The monoisotopic (exact) mass is 397 g/mol. The highest BCUT2D eigenvalue weighted by Gasteiger charge is 2.20. The fourth-order valence-electron chi connectivity index (χ4n) is 2.06. The average Bonchev–Trinajstić information content (AvgIpc) is 3.06. The zero-order chi connectivity index (χ0) is 18.4. The second-order valence-electron chi connectivity index (χ2n) is 5.37. The zero-order valence-corrected chi connectivity index (χ0v) is 16.0. The molecule has 2 unspecified atom stereocenters. The van der Waals surface area contributed by atoms with Crippen molar-refractivity contribution < 1.29 is 14.3 Å². The summed E-state index contributed by atoms with van der Waals surface area (Å²) in [6.45, 7) is 3.31. The van der Waals surface area contributed by atoms with E-state index in [9.17, 15) is 9.59 Å². The Bertz CT molecular complexity index is 775. The molecule has 132 valence electrons. The van der Waals surface area contributed by atoms with Gasteiger partial charge in [0.15, 0.2) is 6.10 Å². The maximum atomic E-state index is 12.2. The molecular weight excluding hydrogens is 381 g/mol. The van der Waals surface area contributed by atoms with Crippen LogP contribution in [0.1, 0.15) is 31.0 Å². The fraction of sp³-hybridized carbons (Fsp3) is 0.222. The molecule has 2 atom stereocenters. The van der Waals surface area contributed by atoms with E-state index in [0.717, 1.165) is 11.1 Å². The van der Waals surface area contributed by atoms with Gasteiger partial charge in [0, 0.05) is 16.1 Å². The van der Waals surface area contributed by atoms with Crippen LogP contribution in [0, 0.1) is 0 Å². The van der Waals surface area contributed by atoms with E-state index >= 15 is 0 Å². The lowest BCUT2D eigenvalue weighted by Gasteiger charge is -2.19. The quantitative estimate of drug-likeness (QED) is 0.558. The number of benzene rings is 1. The number of hydrogen-bond acceptors (Lipinski definition) is 4. The lowest BCUT2D eigenvalue weighted by molar-refractivity contribution is -0.150. The number of thiophene rings is 1. The molecule has 0 aliphatic heterocycles. The number of ether oxygens (including phenoxy) is 1. The molecule has 1 heterocycles. The normalized spacial score (nSPS) is 13.4. The van der Waals surface area contributed by atoms with Crippen molar-refractivity contribution in [2.45, 2.75) is 26.0 Å². The summed E-state index contributed by atoms with van der Waals surface area (Å²) in [6, 6.07) is 6.59. The van der Waals surface area contributed by atoms with Crippen LogP contribution in [0.4, 0.5) is 0 Å². The molecule has 2 aromatic rings.